The number of fused-ring (bicyclic) bond motifs is 1. The number of carbonyl (C=O) groups excluding carboxylic acids is 2. The Hall–Kier alpha value is -3.50. The molecule has 7 nitrogen and oxygen atoms in total. The van der Waals surface area contributed by atoms with Crippen molar-refractivity contribution in [1.29, 1.82) is 0 Å². The maximum Gasteiger partial charge on any atom is 0.416 e. The average Bonchev–Trinajstić information content (AvgIpc) is 2.85. The van der Waals surface area contributed by atoms with E-state index in [2.05, 4.69) is 15.2 Å². The Morgan fingerprint density at radius 1 is 1.00 bits per heavy atom. The van der Waals surface area contributed by atoms with E-state index in [1.54, 1.807) is 18.2 Å². The second-order valence-electron chi connectivity index (χ2n) is 9.86. The van der Waals surface area contributed by atoms with Crippen LogP contribution in [-0.4, -0.2) is 39.9 Å². The number of nitrogens with one attached hydrogen (secondary N) is 2. The molecular formula is C27H26F3N3O4. The lowest BCUT2D eigenvalue weighted by Crippen LogP contribution is -2.42. The van der Waals surface area contributed by atoms with Gasteiger partial charge in [-0.3, -0.25) is 24.6 Å². The number of amides is 2. The second-order valence-corrected chi connectivity index (χ2v) is 9.86. The van der Waals surface area contributed by atoms with Crippen LogP contribution in [0.25, 0.3) is 10.9 Å². The van der Waals surface area contributed by atoms with Crippen LogP contribution in [0.5, 0.6) is 0 Å². The first kappa shape index (κ1) is 25.2. The van der Waals surface area contributed by atoms with Gasteiger partial charge in [0.1, 0.15) is 0 Å². The van der Waals surface area contributed by atoms with Gasteiger partial charge in [-0.25, -0.2) is 0 Å². The summed E-state index contributed by atoms with van der Waals surface area (Å²) in [4.78, 5) is 41.3. The molecule has 1 aromatic heterocycles. The van der Waals surface area contributed by atoms with Gasteiger partial charge in [0.15, 0.2) is 0 Å². The first-order valence-electron chi connectivity index (χ1n) is 12.1. The quantitative estimate of drug-likeness (QED) is 0.463. The minimum atomic E-state index is -4.37. The number of hydrogen-bond acceptors (Lipinski definition) is 5. The van der Waals surface area contributed by atoms with E-state index in [9.17, 15) is 32.7 Å². The number of nitrogens with zero attached hydrogens (tertiary/aromatic N) is 1. The third kappa shape index (κ3) is 5.17. The SMILES string of the molecule is O=C1CCC(c2cc3cc(C4(O)CCN(Cc5ccc(C(F)(F)F)cc5)CC4)ccc3[nH]c2=O)C(=O)N1. The van der Waals surface area contributed by atoms with Gasteiger partial charge in [0, 0.05) is 37.1 Å². The van der Waals surface area contributed by atoms with Crippen LogP contribution in [0.2, 0.25) is 0 Å². The molecule has 0 bridgehead atoms. The Morgan fingerprint density at radius 2 is 1.70 bits per heavy atom. The Morgan fingerprint density at radius 3 is 2.35 bits per heavy atom. The molecule has 0 spiro atoms. The number of rotatable bonds is 4. The molecule has 0 radical (unpaired) electrons. The van der Waals surface area contributed by atoms with E-state index >= 15 is 0 Å². The Balaban J connectivity index is 1.31. The number of carbonyl (C=O) groups is 2. The molecule has 5 rings (SSSR count). The maximum atomic E-state index is 12.8. The van der Waals surface area contributed by atoms with Crippen LogP contribution < -0.4 is 10.9 Å². The van der Waals surface area contributed by atoms with E-state index in [1.165, 1.54) is 12.1 Å². The smallest absolute Gasteiger partial charge is 0.385 e. The van der Waals surface area contributed by atoms with E-state index in [-0.39, 0.29) is 29.9 Å². The molecule has 37 heavy (non-hydrogen) atoms. The summed E-state index contributed by atoms with van der Waals surface area (Å²) in [7, 11) is 0. The van der Waals surface area contributed by atoms with Crippen molar-refractivity contribution in [1.82, 2.24) is 15.2 Å². The molecule has 1 atom stereocenters. The summed E-state index contributed by atoms with van der Waals surface area (Å²) in [6, 6.07) is 12.1. The number of halogens is 3. The number of piperidine rings is 2. The number of aromatic nitrogens is 1. The molecule has 3 heterocycles. The molecule has 3 N–H and O–H groups in total. The fourth-order valence-electron chi connectivity index (χ4n) is 5.19. The van der Waals surface area contributed by atoms with Crippen LogP contribution in [0.1, 0.15) is 53.9 Å². The van der Waals surface area contributed by atoms with Crippen LogP contribution in [0.15, 0.2) is 53.3 Å². The van der Waals surface area contributed by atoms with Gasteiger partial charge >= 0.3 is 6.18 Å². The molecule has 3 aromatic rings. The average molecular weight is 514 g/mol. The molecule has 2 saturated heterocycles. The summed E-state index contributed by atoms with van der Waals surface area (Å²) >= 11 is 0. The normalized spacial score (nSPS) is 20.7. The van der Waals surface area contributed by atoms with Crippen LogP contribution in [0.4, 0.5) is 13.2 Å². The van der Waals surface area contributed by atoms with Gasteiger partial charge in [-0.2, -0.15) is 13.2 Å². The van der Waals surface area contributed by atoms with Gasteiger partial charge in [-0.05, 0) is 66.1 Å². The largest absolute Gasteiger partial charge is 0.416 e. The second kappa shape index (κ2) is 9.42. The third-order valence-electron chi connectivity index (χ3n) is 7.40. The molecule has 2 aliphatic rings. The van der Waals surface area contributed by atoms with Gasteiger partial charge in [-0.15, -0.1) is 0 Å². The lowest BCUT2D eigenvalue weighted by atomic mass is 9.83. The number of aromatic amines is 1. The fraction of sp³-hybridized carbons (Fsp3) is 0.370. The predicted octanol–water partition coefficient (Wildman–Crippen LogP) is 3.55. The number of hydrogen-bond donors (Lipinski definition) is 3. The highest BCUT2D eigenvalue weighted by atomic mass is 19.4. The van der Waals surface area contributed by atoms with Crippen molar-refractivity contribution >= 4 is 22.7 Å². The van der Waals surface area contributed by atoms with E-state index < -0.39 is 29.2 Å². The van der Waals surface area contributed by atoms with E-state index in [1.807, 2.05) is 6.07 Å². The Kier molecular flexibility index (Phi) is 6.41. The van der Waals surface area contributed by atoms with Crippen LogP contribution in [0, 0.1) is 0 Å². The van der Waals surface area contributed by atoms with Gasteiger partial charge in [0.25, 0.3) is 5.56 Å². The van der Waals surface area contributed by atoms with Gasteiger partial charge in [-0.1, -0.05) is 18.2 Å². The van der Waals surface area contributed by atoms with Crippen molar-refractivity contribution < 1.29 is 27.9 Å². The third-order valence-corrected chi connectivity index (χ3v) is 7.40. The van der Waals surface area contributed by atoms with Gasteiger partial charge < -0.3 is 10.1 Å². The first-order chi connectivity index (χ1) is 17.5. The molecule has 2 amide bonds. The predicted molar refractivity (Wildman–Crippen MR) is 130 cm³/mol. The summed E-state index contributed by atoms with van der Waals surface area (Å²) in [6.07, 6.45) is -3.07. The number of likely N-dealkylation sites (tertiary alicyclic amines) is 1. The molecule has 2 fully saturated rings. The number of aliphatic hydroxyl groups is 1. The van der Waals surface area contributed by atoms with Gasteiger partial charge in [0.2, 0.25) is 11.8 Å². The lowest BCUT2D eigenvalue weighted by Gasteiger charge is -2.38. The number of alkyl halides is 3. The molecule has 2 aliphatic heterocycles. The topological polar surface area (TPSA) is 102 Å². The Labute approximate surface area is 210 Å². The summed E-state index contributed by atoms with van der Waals surface area (Å²) in [6.45, 7) is 1.61. The molecule has 0 aliphatic carbocycles. The minimum absolute atomic E-state index is 0.163. The lowest BCUT2D eigenvalue weighted by molar-refractivity contribution is -0.138. The van der Waals surface area contributed by atoms with Crippen LogP contribution in [0.3, 0.4) is 0 Å². The first-order valence-corrected chi connectivity index (χ1v) is 12.1. The van der Waals surface area contributed by atoms with Crippen molar-refractivity contribution in [3.05, 3.63) is 81.1 Å². The standard InChI is InChI=1S/C27H26F3N3O4/c28-27(29,30)18-3-1-16(2-4-18)15-33-11-9-26(37,10-12-33)19-5-7-22-17(13-19)14-21(25(36)31-22)20-6-8-23(34)32-24(20)35/h1-5,7,13-14,20,37H,6,8-12,15H2,(H,31,36)(H,32,34,35). The van der Waals surface area contributed by atoms with Gasteiger partial charge in [0.05, 0.1) is 17.1 Å². The highest BCUT2D eigenvalue weighted by molar-refractivity contribution is 6.01. The Bertz CT molecular complexity index is 1410. The zero-order valence-corrected chi connectivity index (χ0v) is 19.9. The minimum Gasteiger partial charge on any atom is -0.385 e. The van der Waals surface area contributed by atoms with E-state index in [0.29, 0.717) is 48.9 Å². The number of benzene rings is 2. The summed E-state index contributed by atoms with van der Waals surface area (Å²) in [5.74, 6) is -1.56. The fourth-order valence-corrected chi connectivity index (χ4v) is 5.19. The summed E-state index contributed by atoms with van der Waals surface area (Å²) in [5.41, 5.74) is 0.161. The summed E-state index contributed by atoms with van der Waals surface area (Å²) < 4.78 is 38.4. The van der Waals surface area contributed by atoms with Crippen molar-refractivity contribution in [3.63, 3.8) is 0 Å². The van der Waals surface area contributed by atoms with E-state index in [4.69, 9.17) is 0 Å². The molecule has 2 aromatic carbocycles. The zero-order chi connectivity index (χ0) is 26.4. The van der Waals surface area contributed by atoms with Crippen molar-refractivity contribution in [2.45, 2.75) is 49.9 Å². The van der Waals surface area contributed by atoms with Crippen molar-refractivity contribution in [3.8, 4) is 0 Å². The molecular weight excluding hydrogens is 487 g/mol. The zero-order valence-electron chi connectivity index (χ0n) is 19.9. The molecule has 0 saturated carbocycles. The highest BCUT2D eigenvalue weighted by Gasteiger charge is 2.35. The summed E-state index contributed by atoms with van der Waals surface area (Å²) in [5, 5.41) is 14.4. The maximum absolute atomic E-state index is 12.8. The molecule has 194 valence electrons. The number of imide groups is 1. The monoisotopic (exact) mass is 513 g/mol. The molecule has 1 unspecified atom stereocenters. The van der Waals surface area contributed by atoms with Crippen LogP contribution in [-0.2, 0) is 27.9 Å². The van der Waals surface area contributed by atoms with Crippen LogP contribution >= 0.6 is 0 Å². The van der Waals surface area contributed by atoms with Crippen molar-refractivity contribution in [2.24, 2.45) is 0 Å². The highest BCUT2D eigenvalue weighted by Crippen LogP contribution is 2.35. The molecule has 10 heteroatoms. The van der Waals surface area contributed by atoms with E-state index in [0.717, 1.165) is 17.7 Å². The van der Waals surface area contributed by atoms with Crippen molar-refractivity contribution in [2.75, 3.05) is 13.1 Å². The number of pyridine rings is 1. The number of H-pyrrole nitrogens is 1.